The monoisotopic (exact) mass is 850 g/mol. The van der Waals surface area contributed by atoms with E-state index >= 15 is 0 Å². The van der Waals surface area contributed by atoms with Crippen molar-refractivity contribution in [2.45, 2.75) is 27.7 Å². The number of hydrazone groups is 2. The number of hydrogen-bond acceptors (Lipinski definition) is 10. The molecule has 10 heteroatoms. The second-order valence-electron chi connectivity index (χ2n) is 14.8. The second-order valence-corrected chi connectivity index (χ2v) is 16.5. The van der Waals surface area contributed by atoms with Crippen molar-refractivity contribution in [2.75, 3.05) is 24.1 Å². The number of nitrogens with one attached hydrogen (secondary N) is 2. The van der Waals surface area contributed by atoms with Crippen LogP contribution in [0.4, 0.5) is 10.3 Å². The molecule has 0 aliphatic rings. The number of aryl methyl sites for hydroxylation is 4. The highest BCUT2D eigenvalue weighted by Crippen LogP contribution is 2.30. The van der Waals surface area contributed by atoms with Gasteiger partial charge < -0.3 is 9.47 Å². The highest BCUT2D eigenvalue weighted by atomic mass is 32.1. The van der Waals surface area contributed by atoms with Crippen molar-refractivity contribution in [3.63, 3.8) is 0 Å². The average molecular weight is 851 g/mol. The molecule has 2 heterocycles. The molecule has 0 fully saturated rings. The van der Waals surface area contributed by atoms with Gasteiger partial charge in [0.2, 0.25) is 10.3 Å². The molecule has 8 aromatic rings. The Morgan fingerprint density at radius 3 is 1.18 bits per heavy atom. The van der Waals surface area contributed by atoms with Gasteiger partial charge in [0.25, 0.3) is 0 Å². The van der Waals surface area contributed by atoms with E-state index in [1.807, 2.05) is 75.2 Å². The summed E-state index contributed by atoms with van der Waals surface area (Å²) < 4.78 is 12.3. The van der Waals surface area contributed by atoms with Gasteiger partial charge in [-0.05, 0) is 120 Å². The SMILES string of the molecule is Cc1cc(/C=N/Nc2nc(-c3ccc(-c4ccccc4)cc3)cs2)cc(C)c1OC/C=C/COc1c(C)cc(/C=N/Nc2nc(-c3ccc(-c4ccccc4)cc3)cs2)cc1C. The molecule has 0 unspecified atom stereocenters. The van der Waals surface area contributed by atoms with Gasteiger partial charge in [0.05, 0.1) is 23.8 Å². The number of nitrogens with zero attached hydrogens (tertiary/aromatic N) is 4. The second kappa shape index (κ2) is 19.9. The minimum Gasteiger partial charge on any atom is -0.489 e. The Hall–Kier alpha value is -7.14. The summed E-state index contributed by atoms with van der Waals surface area (Å²) in [5.41, 5.74) is 21.0. The lowest BCUT2D eigenvalue weighted by Crippen LogP contribution is -2.02. The summed E-state index contributed by atoms with van der Waals surface area (Å²) in [7, 11) is 0. The third-order valence-corrected chi connectivity index (χ3v) is 11.6. The first-order valence-corrected chi connectivity index (χ1v) is 22.1. The fourth-order valence-electron chi connectivity index (χ4n) is 7.14. The van der Waals surface area contributed by atoms with Crippen LogP contribution >= 0.6 is 22.7 Å². The summed E-state index contributed by atoms with van der Waals surface area (Å²) >= 11 is 3.05. The fourth-order valence-corrected chi connectivity index (χ4v) is 8.48. The summed E-state index contributed by atoms with van der Waals surface area (Å²) in [6, 6.07) is 46.0. The number of benzene rings is 6. The van der Waals surface area contributed by atoms with Crippen LogP contribution < -0.4 is 20.3 Å². The highest BCUT2D eigenvalue weighted by molar-refractivity contribution is 7.14. The first kappa shape index (κ1) is 41.6. The molecule has 0 saturated carbocycles. The van der Waals surface area contributed by atoms with Gasteiger partial charge in [0, 0.05) is 21.9 Å². The molecule has 6 aromatic carbocycles. The number of thiazole rings is 2. The number of anilines is 2. The molecule has 308 valence electrons. The summed E-state index contributed by atoms with van der Waals surface area (Å²) in [4.78, 5) is 9.46. The predicted molar refractivity (Wildman–Crippen MR) is 260 cm³/mol. The average Bonchev–Trinajstić information content (AvgIpc) is 3.98. The van der Waals surface area contributed by atoms with Crippen molar-refractivity contribution < 1.29 is 9.47 Å². The third-order valence-electron chi connectivity index (χ3n) is 10.1. The van der Waals surface area contributed by atoms with Crippen LogP contribution in [-0.2, 0) is 0 Å². The number of aromatic nitrogens is 2. The molecule has 0 saturated heterocycles. The molecule has 0 aliphatic carbocycles. The van der Waals surface area contributed by atoms with Gasteiger partial charge in [-0.15, -0.1) is 22.7 Å². The van der Waals surface area contributed by atoms with E-state index in [2.05, 4.69) is 142 Å². The summed E-state index contributed by atoms with van der Waals surface area (Å²) in [5, 5.41) is 14.5. The van der Waals surface area contributed by atoms with E-state index in [4.69, 9.17) is 19.4 Å². The summed E-state index contributed by atoms with van der Waals surface area (Å²) in [5.74, 6) is 1.73. The maximum atomic E-state index is 6.17. The number of hydrogen-bond donors (Lipinski definition) is 2. The van der Waals surface area contributed by atoms with Crippen molar-refractivity contribution in [1.29, 1.82) is 0 Å². The standard InChI is InChI=1S/C52H46N6O2S2/c1-35-27-39(31-53-57-51-55-47(33-61-51)45-21-17-43(18-22-45)41-13-7-5-8-14-41)28-36(2)49(35)59-25-11-12-26-60-50-37(3)29-40(30-38(50)4)32-54-58-52-56-48(34-62-52)46-23-19-44(20-24-46)42-15-9-6-10-16-42/h5-24,27-34H,25-26H2,1-4H3,(H,55,57)(H,56,58)/b12-11+,53-31+,54-32+. The predicted octanol–water partition coefficient (Wildman–Crippen LogP) is 13.4. The molecule has 0 amide bonds. The molecule has 8 nitrogen and oxygen atoms in total. The molecular formula is C52H46N6O2S2. The van der Waals surface area contributed by atoms with Gasteiger partial charge in [0.1, 0.15) is 24.7 Å². The first-order chi connectivity index (χ1) is 30.4. The van der Waals surface area contributed by atoms with Crippen LogP contribution in [0.3, 0.4) is 0 Å². The van der Waals surface area contributed by atoms with Crippen LogP contribution in [-0.4, -0.2) is 35.6 Å². The van der Waals surface area contributed by atoms with E-state index in [1.165, 1.54) is 44.9 Å². The van der Waals surface area contributed by atoms with Crippen LogP contribution in [0.25, 0.3) is 44.8 Å². The van der Waals surface area contributed by atoms with Gasteiger partial charge in [0.15, 0.2) is 0 Å². The zero-order valence-electron chi connectivity index (χ0n) is 35.0. The topological polar surface area (TPSA) is 93.0 Å². The van der Waals surface area contributed by atoms with Gasteiger partial charge in [-0.25, -0.2) is 9.97 Å². The molecule has 0 bridgehead atoms. The minimum absolute atomic E-state index is 0.433. The fraction of sp³-hybridized carbons (Fsp3) is 0.115. The molecule has 2 N–H and O–H groups in total. The lowest BCUT2D eigenvalue weighted by Gasteiger charge is -2.12. The van der Waals surface area contributed by atoms with Gasteiger partial charge >= 0.3 is 0 Å². The van der Waals surface area contributed by atoms with Gasteiger partial charge in [-0.1, -0.05) is 109 Å². The quantitative estimate of drug-likeness (QED) is 0.0571. The van der Waals surface area contributed by atoms with Crippen molar-refractivity contribution in [3.8, 4) is 56.3 Å². The molecule has 0 atom stereocenters. The smallest absolute Gasteiger partial charge is 0.203 e. The van der Waals surface area contributed by atoms with E-state index in [9.17, 15) is 0 Å². The van der Waals surface area contributed by atoms with Crippen molar-refractivity contribution in [2.24, 2.45) is 10.2 Å². The Kier molecular flexibility index (Phi) is 13.4. The minimum atomic E-state index is 0.433. The largest absolute Gasteiger partial charge is 0.489 e. The molecule has 62 heavy (non-hydrogen) atoms. The molecule has 2 aromatic heterocycles. The van der Waals surface area contributed by atoms with E-state index in [0.717, 1.165) is 77.7 Å². The summed E-state index contributed by atoms with van der Waals surface area (Å²) in [6.45, 7) is 9.07. The van der Waals surface area contributed by atoms with Crippen molar-refractivity contribution in [3.05, 3.63) is 190 Å². The molecule has 8 rings (SSSR count). The Morgan fingerprint density at radius 1 is 0.468 bits per heavy atom. The summed E-state index contributed by atoms with van der Waals surface area (Å²) in [6.07, 6.45) is 7.59. The maximum Gasteiger partial charge on any atom is 0.203 e. The lowest BCUT2D eigenvalue weighted by atomic mass is 10.0. The van der Waals surface area contributed by atoms with E-state index in [0.29, 0.717) is 13.2 Å². The molecule has 0 aliphatic heterocycles. The normalized spacial score (nSPS) is 11.5. The molecule has 0 spiro atoms. The van der Waals surface area contributed by atoms with Crippen LogP contribution in [0.15, 0.2) is 167 Å². The van der Waals surface area contributed by atoms with Crippen LogP contribution in [0.1, 0.15) is 33.4 Å². The first-order valence-electron chi connectivity index (χ1n) is 20.3. The van der Waals surface area contributed by atoms with Gasteiger partial charge in [-0.2, -0.15) is 10.2 Å². The Morgan fingerprint density at radius 2 is 0.806 bits per heavy atom. The maximum absolute atomic E-state index is 6.17. The third kappa shape index (κ3) is 10.6. The van der Waals surface area contributed by atoms with Crippen molar-refractivity contribution in [1.82, 2.24) is 9.97 Å². The van der Waals surface area contributed by atoms with Crippen LogP contribution in [0.5, 0.6) is 11.5 Å². The number of rotatable bonds is 16. The zero-order chi connectivity index (χ0) is 42.7. The highest BCUT2D eigenvalue weighted by Gasteiger charge is 2.10. The van der Waals surface area contributed by atoms with Gasteiger partial charge in [-0.3, -0.25) is 10.9 Å². The van der Waals surface area contributed by atoms with E-state index < -0.39 is 0 Å². The lowest BCUT2D eigenvalue weighted by molar-refractivity contribution is 0.345. The van der Waals surface area contributed by atoms with Crippen LogP contribution in [0, 0.1) is 27.7 Å². The number of ether oxygens (including phenoxy) is 2. The Labute approximate surface area is 371 Å². The molecular weight excluding hydrogens is 805 g/mol. The van der Waals surface area contributed by atoms with Crippen LogP contribution in [0.2, 0.25) is 0 Å². The Balaban J connectivity index is 0.772. The molecule has 0 radical (unpaired) electrons. The van der Waals surface area contributed by atoms with Crippen molar-refractivity contribution >= 4 is 45.4 Å². The van der Waals surface area contributed by atoms with E-state index in [-0.39, 0.29) is 0 Å². The van der Waals surface area contributed by atoms with E-state index in [1.54, 1.807) is 0 Å². The Bertz CT molecular complexity index is 2590. The zero-order valence-corrected chi connectivity index (χ0v) is 36.6.